The number of carbonyl (C=O) groups is 1. The van der Waals surface area contributed by atoms with Gasteiger partial charge in [-0.25, -0.2) is 4.98 Å². The highest BCUT2D eigenvalue weighted by Crippen LogP contribution is 2.45. The molecule has 0 fully saturated rings. The van der Waals surface area contributed by atoms with E-state index in [9.17, 15) is 9.59 Å². The molecule has 9 heteroatoms. The molecule has 40 heavy (non-hydrogen) atoms. The third kappa shape index (κ3) is 4.59. The lowest BCUT2D eigenvalue weighted by Crippen LogP contribution is -2.29. The lowest BCUT2D eigenvalue weighted by atomic mass is 9.98. The molecule has 5 aromatic rings. The van der Waals surface area contributed by atoms with E-state index in [-0.39, 0.29) is 16.8 Å². The molecule has 0 N–H and O–H groups in total. The fourth-order valence-corrected chi connectivity index (χ4v) is 6.13. The van der Waals surface area contributed by atoms with E-state index in [4.69, 9.17) is 13.9 Å². The Morgan fingerprint density at radius 3 is 2.52 bits per heavy atom. The van der Waals surface area contributed by atoms with Crippen molar-refractivity contribution in [3.8, 4) is 11.5 Å². The van der Waals surface area contributed by atoms with Gasteiger partial charge in [-0.05, 0) is 62.2 Å². The summed E-state index contributed by atoms with van der Waals surface area (Å²) in [4.78, 5) is 35.1. The molecule has 0 saturated heterocycles. The number of hydrogen-bond donors (Lipinski definition) is 0. The number of benzene rings is 3. The average molecular weight is 618 g/mol. The van der Waals surface area contributed by atoms with Gasteiger partial charge in [0.15, 0.2) is 22.1 Å². The van der Waals surface area contributed by atoms with Gasteiger partial charge in [0.2, 0.25) is 5.76 Å². The summed E-state index contributed by atoms with van der Waals surface area (Å²) in [7, 11) is 0. The van der Waals surface area contributed by atoms with Gasteiger partial charge < -0.3 is 13.9 Å². The Balaban J connectivity index is 1.51. The summed E-state index contributed by atoms with van der Waals surface area (Å²) < 4.78 is 18.9. The molecule has 202 valence electrons. The van der Waals surface area contributed by atoms with E-state index >= 15 is 0 Å². The molecule has 1 atom stereocenters. The van der Waals surface area contributed by atoms with Crippen LogP contribution in [0.4, 0.5) is 5.13 Å². The third-order valence-corrected chi connectivity index (χ3v) is 8.44. The molecule has 1 amide bonds. The largest absolute Gasteiger partial charge is 0.490 e. The topological polar surface area (TPSA) is 81.9 Å². The first-order valence-corrected chi connectivity index (χ1v) is 14.4. The summed E-state index contributed by atoms with van der Waals surface area (Å²) in [6, 6.07) is 19.8. The zero-order valence-corrected chi connectivity index (χ0v) is 24.5. The molecule has 0 spiro atoms. The minimum Gasteiger partial charge on any atom is -0.490 e. The number of aryl methyl sites for hydroxylation is 2. The lowest BCUT2D eigenvalue weighted by Gasteiger charge is -2.23. The molecular formula is C31H25BrN2O5S. The predicted molar refractivity (Wildman–Crippen MR) is 159 cm³/mol. The number of amides is 1. The Hall–Kier alpha value is -3.95. The maximum atomic E-state index is 14.0. The number of fused-ring (bicyclic) bond motifs is 2. The van der Waals surface area contributed by atoms with Crippen LogP contribution in [0.5, 0.6) is 11.5 Å². The fraction of sp³-hybridized carbons (Fsp3) is 0.194. The first-order chi connectivity index (χ1) is 19.4. The normalized spacial score (nSPS) is 14.6. The number of nitrogens with zero attached hydrogens (tertiary/aromatic N) is 2. The van der Waals surface area contributed by atoms with Crippen LogP contribution in [0.2, 0.25) is 0 Å². The Bertz CT molecular complexity index is 1800. The van der Waals surface area contributed by atoms with Crippen LogP contribution in [0.1, 0.15) is 50.8 Å². The number of aromatic nitrogens is 1. The fourth-order valence-electron chi connectivity index (χ4n) is 4.83. The zero-order valence-electron chi connectivity index (χ0n) is 22.1. The van der Waals surface area contributed by atoms with Crippen molar-refractivity contribution >= 4 is 49.3 Å². The van der Waals surface area contributed by atoms with Gasteiger partial charge in [-0.1, -0.05) is 52.3 Å². The van der Waals surface area contributed by atoms with Crippen LogP contribution in [0.25, 0.3) is 11.0 Å². The van der Waals surface area contributed by atoms with Gasteiger partial charge in [-0.3, -0.25) is 14.5 Å². The molecule has 1 aliphatic rings. The average Bonchev–Trinajstić information content (AvgIpc) is 3.44. The molecular weight excluding hydrogens is 592 g/mol. The van der Waals surface area contributed by atoms with E-state index in [1.165, 1.54) is 11.3 Å². The Morgan fingerprint density at radius 1 is 1.00 bits per heavy atom. The summed E-state index contributed by atoms with van der Waals surface area (Å²) in [6.07, 6.45) is 0. The second-order valence-electron chi connectivity index (χ2n) is 9.44. The van der Waals surface area contributed by atoms with Gasteiger partial charge in [0.1, 0.15) is 12.2 Å². The molecule has 1 unspecified atom stereocenters. The van der Waals surface area contributed by atoms with Crippen LogP contribution >= 0.6 is 27.3 Å². The number of ether oxygens (including phenoxy) is 2. The highest BCUT2D eigenvalue weighted by molar-refractivity contribution is 9.10. The number of carbonyl (C=O) groups excluding carboxylic acids is 1. The van der Waals surface area contributed by atoms with Crippen molar-refractivity contribution in [1.82, 2.24) is 4.98 Å². The summed E-state index contributed by atoms with van der Waals surface area (Å²) in [6.45, 7) is 6.55. The molecule has 2 aromatic heterocycles. The van der Waals surface area contributed by atoms with E-state index in [0.29, 0.717) is 46.4 Å². The molecule has 3 aromatic carbocycles. The molecule has 0 bridgehead atoms. The monoisotopic (exact) mass is 616 g/mol. The van der Waals surface area contributed by atoms with Gasteiger partial charge in [0.05, 0.1) is 29.3 Å². The highest BCUT2D eigenvalue weighted by Gasteiger charge is 2.45. The summed E-state index contributed by atoms with van der Waals surface area (Å²) in [5.41, 5.74) is 2.92. The summed E-state index contributed by atoms with van der Waals surface area (Å²) in [5, 5.41) is 0.899. The molecule has 6 rings (SSSR count). The number of halogens is 1. The van der Waals surface area contributed by atoms with Crippen LogP contribution in [0.3, 0.4) is 0 Å². The first-order valence-electron chi connectivity index (χ1n) is 12.8. The highest BCUT2D eigenvalue weighted by atomic mass is 79.9. The number of thiazole rings is 1. The Labute approximate surface area is 243 Å². The molecule has 3 heterocycles. The Morgan fingerprint density at radius 2 is 1.80 bits per heavy atom. The van der Waals surface area contributed by atoms with E-state index < -0.39 is 11.9 Å². The molecule has 0 radical (unpaired) electrons. The van der Waals surface area contributed by atoms with E-state index in [2.05, 4.69) is 20.9 Å². The van der Waals surface area contributed by atoms with Crippen molar-refractivity contribution in [2.24, 2.45) is 0 Å². The Kier molecular flexibility index (Phi) is 6.93. The first kappa shape index (κ1) is 26.3. The van der Waals surface area contributed by atoms with Gasteiger partial charge in [-0.15, -0.1) is 11.3 Å². The van der Waals surface area contributed by atoms with Gasteiger partial charge in [0.25, 0.3) is 5.91 Å². The predicted octanol–water partition coefficient (Wildman–Crippen LogP) is 7.36. The number of anilines is 1. The van der Waals surface area contributed by atoms with Crippen molar-refractivity contribution < 1.29 is 18.7 Å². The quantitative estimate of drug-likeness (QED) is 0.190. The van der Waals surface area contributed by atoms with E-state index in [1.54, 1.807) is 23.1 Å². The van der Waals surface area contributed by atoms with Crippen molar-refractivity contribution in [2.75, 3.05) is 11.5 Å². The van der Waals surface area contributed by atoms with Crippen molar-refractivity contribution in [3.05, 3.63) is 114 Å². The lowest BCUT2D eigenvalue weighted by molar-refractivity contribution is 0.0971. The third-order valence-electron chi connectivity index (χ3n) is 6.88. The SMILES string of the molecule is CCOc1cc(C2c3c(oc4ccc(Br)cc4c3=O)C(=O)N2c2nc(C)c(C)s2)ccc1OCc1ccccc1. The standard InChI is InChI=1S/C31H25BrN2O5S/c1-4-37-25-14-20(10-12-24(25)38-16-19-8-6-5-7-9-19)27-26-28(35)22-15-21(32)11-13-23(22)39-29(26)30(36)34(27)31-33-17(2)18(3)40-31/h5-15,27H,4,16H2,1-3H3. The van der Waals surface area contributed by atoms with Crippen molar-refractivity contribution in [1.29, 1.82) is 0 Å². The van der Waals surface area contributed by atoms with Crippen LogP contribution in [0, 0.1) is 13.8 Å². The minimum absolute atomic E-state index is 0.0256. The summed E-state index contributed by atoms with van der Waals surface area (Å²) in [5.74, 6) is 0.716. The molecule has 0 aliphatic carbocycles. The van der Waals surface area contributed by atoms with E-state index in [1.807, 2.05) is 69.3 Å². The van der Waals surface area contributed by atoms with Crippen molar-refractivity contribution in [3.63, 3.8) is 0 Å². The van der Waals surface area contributed by atoms with E-state index in [0.717, 1.165) is 20.6 Å². The second kappa shape index (κ2) is 10.6. The van der Waals surface area contributed by atoms with Gasteiger partial charge in [-0.2, -0.15) is 0 Å². The summed E-state index contributed by atoms with van der Waals surface area (Å²) >= 11 is 4.86. The van der Waals surface area contributed by atoms with Crippen LogP contribution in [0.15, 0.2) is 80.4 Å². The minimum atomic E-state index is -0.755. The zero-order chi connectivity index (χ0) is 28.0. The number of hydrogen-bond acceptors (Lipinski definition) is 7. The smallest absolute Gasteiger partial charge is 0.297 e. The molecule has 7 nitrogen and oxygen atoms in total. The van der Waals surface area contributed by atoms with Crippen LogP contribution in [-0.2, 0) is 6.61 Å². The van der Waals surface area contributed by atoms with Crippen LogP contribution < -0.4 is 19.8 Å². The van der Waals surface area contributed by atoms with Gasteiger partial charge >= 0.3 is 0 Å². The molecule has 0 saturated carbocycles. The van der Waals surface area contributed by atoms with Crippen molar-refractivity contribution in [2.45, 2.75) is 33.4 Å². The maximum absolute atomic E-state index is 14.0. The second-order valence-corrected chi connectivity index (χ2v) is 11.5. The van der Waals surface area contributed by atoms with Crippen LogP contribution in [-0.4, -0.2) is 17.5 Å². The number of rotatable bonds is 7. The van der Waals surface area contributed by atoms with Gasteiger partial charge in [0, 0.05) is 9.35 Å². The molecule has 1 aliphatic heterocycles. The maximum Gasteiger partial charge on any atom is 0.297 e.